The predicted octanol–water partition coefficient (Wildman–Crippen LogP) is 3.67. The minimum atomic E-state index is -0.153. The molecule has 2 rings (SSSR count). The Morgan fingerprint density at radius 1 is 1.23 bits per heavy atom. The van der Waals surface area contributed by atoms with Crippen molar-refractivity contribution in [1.82, 2.24) is 9.88 Å². The summed E-state index contributed by atoms with van der Waals surface area (Å²) in [6.45, 7) is 13.8. The molecule has 0 fully saturated rings. The first kappa shape index (κ1) is 23.8. The molecule has 2 heterocycles. The van der Waals surface area contributed by atoms with Gasteiger partial charge in [0, 0.05) is 19.3 Å². The molecule has 1 aromatic rings. The van der Waals surface area contributed by atoms with E-state index in [-0.39, 0.29) is 42.8 Å². The van der Waals surface area contributed by atoms with Crippen LogP contribution >= 0.6 is 37.2 Å². The first-order valence-corrected chi connectivity index (χ1v) is 7.17. The number of likely N-dealkylation sites (N-methyl/N-ethyl adjacent to an activating group) is 1. The van der Waals surface area contributed by atoms with E-state index >= 15 is 0 Å². The molecule has 7 heteroatoms. The number of ether oxygens (including phenoxy) is 1. The second kappa shape index (κ2) is 10.4. The van der Waals surface area contributed by atoms with Crippen molar-refractivity contribution in [3.05, 3.63) is 18.3 Å². The molecule has 0 N–H and O–H groups in total. The lowest BCUT2D eigenvalue weighted by Crippen LogP contribution is -2.49. The summed E-state index contributed by atoms with van der Waals surface area (Å²) >= 11 is 0. The van der Waals surface area contributed by atoms with E-state index in [1.54, 1.807) is 0 Å². The molecule has 0 radical (unpaired) electrons. The zero-order chi connectivity index (χ0) is 13.9. The lowest BCUT2D eigenvalue weighted by Gasteiger charge is -2.40. The third-order valence-electron chi connectivity index (χ3n) is 3.59. The molecule has 0 bridgehead atoms. The SMILES string of the molecule is CCN(CC)CCN1CC(C)(C)Oc2cccnc21.Cl.Cl.Cl. The van der Waals surface area contributed by atoms with Gasteiger partial charge < -0.3 is 14.5 Å². The summed E-state index contributed by atoms with van der Waals surface area (Å²) in [7, 11) is 0. The molecule has 1 aliphatic heterocycles. The van der Waals surface area contributed by atoms with Crippen molar-refractivity contribution in [2.75, 3.05) is 37.6 Å². The largest absolute Gasteiger partial charge is 0.482 e. The van der Waals surface area contributed by atoms with Crippen molar-refractivity contribution in [3.8, 4) is 5.75 Å². The van der Waals surface area contributed by atoms with Crippen LogP contribution in [0, 0.1) is 0 Å². The summed E-state index contributed by atoms with van der Waals surface area (Å²) in [6, 6.07) is 3.94. The minimum Gasteiger partial charge on any atom is -0.482 e. The van der Waals surface area contributed by atoms with Crippen LogP contribution in [0.1, 0.15) is 27.7 Å². The molecule has 0 spiro atoms. The van der Waals surface area contributed by atoms with Crippen molar-refractivity contribution >= 4 is 43.0 Å². The van der Waals surface area contributed by atoms with Gasteiger partial charge in [-0.25, -0.2) is 4.98 Å². The van der Waals surface area contributed by atoms with E-state index in [2.05, 4.69) is 42.5 Å². The second-order valence-electron chi connectivity index (χ2n) is 5.64. The van der Waals surface area contributed by atoms with Crippen LogP contribution in [0.25, 0.3) is 0 Å². The average molecular weight is 373 g/mol. The van der Waals surface area contributed by atoms with Gasteiger partial charge >= 0.3 is 0 Å². The van der Waals surface area contributed by atoms with E-state index in [4.69, 9.17) is 4.74 Å². The van der Waals surface area contributed by atoms with Crippen LogP contribution < -0.4 is 9.64 Å². The number of aromatic nitrogens is 1. The smallest absolute Gasteiger partial charge is 0.171 e. The fraction of sp³-hybridized carbons (Fsp3) is 0.667. The van der Waals surface area contributed by atoms with Gasteiger partial charge in [0.15, 0.2) is 11.6 Å². The fourth-order valence-corrected chi connectivity index (χ4v) is 2.55. The summed E-state index contributed by atoms with van der Waals surface area (Å²) in [5.74, 6) is 1.88. The molecule has 22 heavy (non-hydrogen) atoms. The molecule has 130 valence electrons. The Morgan fingerprint density at radius 2 is 1.86 bits per heavy atom. The van der Waals surface area contributed by atoms with Gasteiger partial charge in [-0.05, 0) is 39.1 Å². The Labute approximate surface area is 152 Å². The monoisotopic (exact) mass is 371 g/mol. The van der Waals surface area contributed by atoms with Crippen LogP contribution in [0.5, 0.6) is 5.75 Å². The van der Waals surface area contributed by atoms with E-state index in [1.165, 1.54) is 0 Å². The normalized spacial score (nSPS) is 14.9. The molecule has 0 saturated carbocycles. The van der Waals surface area contributed by atoms with Gasteiger partial charge in [0.25, 0.3) is 0 Å². The maximum atomic E-state index is 5.99. The number of halogens is 3. The Kier molecular flexibility index (Phi) is 11.2. The molecule has 0 aromatic carbocycles. The Morgan fingerprint density at radius 3 is 2.45 bits per heavy atom. The standard InChI is InChI=1S/C15H25N3O.3ClH/c1-5-17(6-2)10-11-18-12-15(3,4)19-13-8-7-9-16-14(13)18;;;/h7-9H,5-6,10-12H2,1-4H3;3*1H. The Hall–Kier alpha value is -0.420. The summed E-state index contributed by atoms with van der Waals surface area (Å²) < 4.78 is 5.99. The summed E-state index contributed by atoms with van der Waals surface area (Å²) in [6.07, 6.45) is 1.84. The molecule has 0 atom stereocenters. The number of hydrogen-bond donors (Lipinski definition) is 0. The topological polar surface area (TPSA) is 28.6 Å². The summed E-state index contributed by atoms with van der Waals surface area (Å²) in [4.78, 5) is 9.26. The van der Waals surface area contributed by atoms with Crippen LogP contribution in [0.2, 0.25) is 0 Å². The fourth-order valence-electron chi connectivity index (χ4n) is 2.55. The number of rotatable bonds is 5. The molecular formula is C15H28Cl3N3O. The maximum Gasteiger partial charge on any atom is 0.171 e. The highest BCUT2D eigenvalue weighted by molar-refractivity contribution is 5.86. The van der Waals surface area contributed by atoms with Gasteiger partial charge in [-0.3, -0.25) is 0 Å². The van der Waals surface area contributed by atoms with Gasteiger partial charge in [0.1, 0.15) is 5.60 Å². The highest BCUT2D eigenvalue weighted by atomic mass is 35.5. The van der Waals surface area contributed by atoms with Crippen LogP contribution in [0.15, 0.2) is 18.3 Å². The zero-order valence-electron chi connectivity index (χ0n) is 13.7. The van der Waals surface area contributed by atoms with E-state index in [9.17, 15) is 0 Å². The van der Waals surface area contributed by atoms with Crippen LogP contribution in [0.4, 0.5) is 5.82 Å². The average Bonchev–Trinajstić information content (AvgIpc) is 2.38. The van der Waals surface area contributed by atoms with Crippen molar-refractivity contribution < 1.29 is 4.74 Å². The van der Waals surface area contributed by atoms with E-state index < -0.39 is 0 Å². The summed E-state index contributed by atoms with van der Waals surface area (Å²) in [5, 5.41) is 0. The number of hydrogen-bond acceptors (Lipinski definition) is 4. The predicted molar refractivity (Wildman–Crippen MR) is 101 cm³/mol. The molecule has 0 aliphatic carbocycles. The first-order valence-electron chi connectivity index (χ1n) is 7.17. The Balaban J connectivity index is 0. The quantitative estimate of drug-likeness (QED) is 0.788. The lowest BCUT2D eigenvalue weighted by atomic mass is 10.1. The molecule has 0 saturated heterocycles. The van der Waals surface area contributed by atoms with Crippen molar-refractivity contribution in [3.63, 3.8) is 0 Å². The lowest BCUT2D eigenvalue weighted by molar-refractivity contribution is 0.103. The van der Waals surface area contributed by atoms with E-state index in [1.807, 2.05) is 18.3 Å². The molecule has 0 unspecified atom stereocenters. The number of fused-ring (bicyclic) bond motifs is 1. The van der Waals surface area contributed by atoms with Crippen LogP contribution in [-0.4, -0.2) is 48.2 Å². The van der Waals surface area contributed by atoms with E-state index in [0.717, 1.165) is 44.3 Å². The number of pyridine rings is 1. The van der Waals surface area contributed by atoms with Gasteiger partial charge in [-0.2, -0.15) is 0 Å². The van der Waals surface area contributed by atoms with Gasteiger partial charge in [-0.15, -0.1) is 37.2 Å². The zero-order valence-corrected chi connectivity index (χ0v) is 16.2. The van der Waals surface area contributed by atoms with Crippen molar-refractivity contribution in [2.45, 2.75) is 33.3 Å². The van der Waals surface area contributed by atoms with E-state index in [0.29, 0.717) is 0 Å². The third kappa shape index (κ3) is 5.99. The molecule has 1 aliphatic rings. The summed E-state index contributed by atoms with van der Waals surface area (Å²) in [5.41, 5.74) is -0.153. The van der Waals surface area contributed by atoms with Crippen molar-refractivity contribution in [2.24, 2.45) is 0 Å². The van der Waals surface area contributed by atoms with Gasteiger partial charge in [0.2, 0.25) is 0 Å². The molecule has 0 amide bonds. The Bertz CT molecular complexity index is 428. The second-order valence-corrected chi connectivity index (χ2v) is 5.64. The molecule has 4 nitrogen and oxygen atoms in total. The van der Waals surface area contributed by atoms with Gasteiger partial charge in [-0.1, -0.05) is 13.8 Å². The number of anilines is 1. The number of nitrogens with zero attached hydrogens (tertiary/aromatic N) is 3. The molecular weight excluding hydrogens is 345 g/mol. The minimum absolute atomic E-state index is 0. The molecule has 1 aromatic heterocycles. The van der Waals surface area contributed by atoms with Crippen LogP contribution in [0.3, 0.4) is 0 Å². The van der Waals surface area contributed by atoms with Crippen molar-refractivity contribution in [1.29, 1.82) is 0 Å². The van der Waals surface area contributed by atoms with Gasteiger partial charge in [0.05, 0.1) is 6.54 Å². The maximum absolute atomic E-state index is 5.99. The highest BCUT2D eigenvalue weighted by Gasteiger charge is 2.32. The highest BCUT2D eigenvalue weighted by Crippen LogP contribution is 2.34. The van der Waals surface area contributed by atoms with Crippen LogP contribution in [-0.2, 0) is 0 Å². The third-order valence-corrected chi connectivity index (χ3v) is 3.59. The first-order chi connectivity index (χ1) is 9.05.